The standard InChI is InChI=1S/C17H20N2O4/c1-5-8-19-16(20)13(18-17(19)21)9-12-6-7-14(23-11(2)3)15(10-12)22-4/h5-7,9-11H,1,8H2,2-4H3,(H,18,21)/b13-9+. The quantitative estimate of drug-likeness (QED) is 0.497. The van der Waals surface area contributed by atoms with Crippen LogP contribution < -0.4 is 14.8 Å². The summed E-state index contributed by atoms with van der Waals surface area (Å²) in [6, 6.07) is 4.87. The first-order chi connectivity index (χ1) is 11.0. The van der Waals surface area contributed by atoms with Gasteiger partial charge in [-0.3, -0.25) is 9.69 Å². The number of benzene rings is 1. The predicted octanol–water partition coefficient (Wildman–Crippen LogP) is 2.56. The number of hydrogen-bond donors (Lipinski definition) is 1. The largest absolute Gasteiger partial charge is 0.493 e. The third-order valence-corrected chi connectivity index (χ3v) is 3.14. The maximum atomic E-state index is 12.1. The minimum Gasteiger partial charge on any atom is -0.493 e. The van der Waals surface area contributed by atoms with Gasteiger partial charge in [0.1, 0.15) is 5.70 Å². The summed E-state index contributed by atoms with van der Waals surface area (Å²) >= 11 is 0. The van der Waals surface area contributed by atoms with Gasteiger partial charge in [-0.1, -0.05) is 12.1 Å². The zero-order valence-electron chi connectivity index (χ0n) is 13.5. The zero-order valence-corrected chi connectivity index (χ0v) is 13.5. The van der Waals surface area contributed by atoms with Gasteiger partial charge in [0.2, 0.25) is 0 Å². The van der Waals surface area contributed by atoms with Crippen LogP contribution in [0.5, 0.6) is 11.5 Å². The number of hydrogen-bond acceptors (Lipinski definition) is 4. The second-order valence-corrected chi connectivity index (χ2v) is 5.27. The van der Waals surface area contributed by atoms with Crippen LogP contribution in [-0.2, 0) is 4.79 Å². The van der Waals surface area contributed by atoms with Crippen molar-refractivity contribution in [3.8, 4) is 11.5 Å². The van der Waals surface area contributed by atoms with Crippen molar-refractivity contribution in [2.24, 2.45) is 0 Å². The Morgan fingerprint density at radius 1 is 1.30 bits per heavy atom. The lowest BCUT2D eigenvalue weighted by Gasteiger charge is -2.13. The lowest BCUT2D eigenvalue weighted by atomic mass is 10.1. The van der Waals surface area contributed by atoms with E-state index in [0.29, 0.717) is 11.5 Å². The summed E-state index contributed by atoms with van der Waals surface area (Å²) in [5.41, 5.74) is 0.943. The Morgan fingerprint density at radius 2 is 2.04 bits per heavy atom. The molecule has 23 heavy (non-hydrogen) atoms. The Hall–Kier alpha value is -2.76. The van der Waals surface area contributed by atoms with E-state index in [9.17, 15) is 9.59 Å². The highest BCUT2D eigenvalue weighted by Gasteiger charge is 2.32. The molecule has 1 saturated heterocycles. The Labute approximate surface area is 135 Å². The Morgan fingerprint density at radius 3 is 2.65 bits per heavy atom. The van der Waals surface area contributed by atoms with E-state index in [2.05, 4.69) is 11.9 Å². The zero-order chi connectivity index (χ0) is 17.0. The summed E-state index contributed by atoms with van der Waals surface area (Å²) in [6.45, 7) is 7.56. The van der Waals surface area contributed by atoms with E-state index in [1.54, 1.807) is 31.4 Å². The summed E-state index contributed by atoms with van der Waals surface area (Å²) in [7, 11) is 1.55. The highest BCUT2D eigenvalue weighted by atomic mass is 16.5. The van der Waals surface area contributed by atoms with Gasteiger partial charge in [0.25, 0.3) is 5.91 Å². The van der Waals surface area contributed by atoms with Gasteiger partial charge >= 0.3 is 6.03 Å². The fraction of sp³-hybridized carbons (Fsp3) is 0.294. The molecule has 0 spiro atoms. The van der Waals surface area contributed by atoms with Crippen LogP contribution >= 0.6 is 0 Å². The van der Waals surface area contributed by atoms with Gasteiger partial charge in [-0.15, -0.1) is 6.58 Å². The predicted molar refractivity (Wildman–Crippen MR) is 87.2 cm³/mol. The van der Waals surface area contributed by atoms with Crippen LogP contribution in [0.3, 0.4) is 0 Å². The number of amides is 3. The van der Waals surface area contributed by atoms with Crippen LogP contribution in [0.15, 0.2) is 36.6 Å². The lowest BCUT2D eigenvalue weighted by molar-refractivity contribution is -0.122. The minimum absolute atomic E-state index is 0.0243. The molecule has 1 aliphatic heterocycles. The van der Waals surface area contributed by atoms with Gasteiger partial charge in [0, 0.05) is 6.54 Å². The molecule has 0 unspecified atom stereocenters. The molecule has 3 amide bonds. The van der Waals surface area contributed by atoms with Gasteiger partial charge in [0.15, 0.2) is 11.5 Å². The van der Waals surface area contributed by atoms with Crippen LogP contribution in [0, 0.1) is 0 Å². The number of methoxy groups -OCH3 is 1. The van der Waals surface area contributed by atoms with Crippen LogP contribution in [0.2, 0.25) is 0 Å². The molecule has 0 aliphatic carbocycles. The second kappa shape index (κ2) is 7.00. The molecule has 0 radical (unpaired) electrons. The van der Waals surface area contributed by atoms with Crippen molar-refractivity contribution in [2.75, 3.05) is 13.7 Å². The average molecular weight is 316 g/mol. The van der Waals surface area contributed by atoms with Crippen LogP contribution in [-0.4, -0.2) is 36.6 Å². The highest BCUT2D eigenvalue weighted by molar-refractivity contribution is 6.14. The van der Waals surface area contributed by atoms with Gasteiger partial charge in [-0.25, -0.2) is 4.79 Å². The molecule has 0 atom stereocenters. The maximum Gasteiger partial charge on any atom is 0.329 e. The van der Waals surface area contributed by atoms with Gasteiger partial charge in [-0.2, -0.15) is 0 Å². The normalized spacial score (nSPS) is 16.0. The molecule has 6 heteroatoms. The Balaban J connectivity index is 2.27. The molecule has 1 aliphatic rings. The maximum absolute atomic E-state index is 12.1. The van der Waals surface area contributed by atoms with Crippen molar-refractivity contribution in [1.29, 1.82) is 0 Å². The number of carbonyl (C=O) groups is 2. The molecular weight excluding hydrogens is 296 g/mol. The number of rotatable bonds is 6. The van der Waals surface area contributed by atoms with Crippen molar-refractivity contribution in [1.82, 2.24) is 10.2 Å². The fourth-order valence-electron chi connectivity index (χ4n) is 2.16. The summed E-state index contributed by atoms with van der Waals surface area (Å²) < 4.78 is 11.0. The van der Waals surface area contributed by atoms with Gasteiger partial charge < -0.3 is 14.8 Å². The minimum atomic E-state index is -0.451. The fourth-order valence-corrected chi connectivity index (χ4v) is 2.16. The van der Waals surface area contributed by atoms with Crippen molar-refractivity contribution in [3.63, 3.8) is 0 Å². The average Bonchev–Trinajstić information content (AvgIpc) is 2.76. The monoisotopic (exact) mass is 316 g/mol. The first-order valence-electron chi connectivity index (χ1n) is 7.26. The van der Waals surface area contributed by atoms with Gasteiger partial charge in [-0.05, 0) is 37.6 Å². The molecule has 6 nitrogen and oxygen atoms in total. The van der Waals surface area contributed by atoms with E-state index in [-0.39, 0.29) is 24.3 Å². The summed E-state index contributed by atoms with van der Waals surface area (Å²) in [4.78, 5) is 25.0. The number of imide groups is 1. The van der Waals surface area contributed by atoms with E-state index < -0.39 is 6.03 Å². The number of ether oxygens (including phenoxy) is 2. The van der Waals surface area contributed by atoms with Crippen LogP contribution in [0.25, 0.3) is 6.08 Å². The van der Waals surface area contributed by atoms with E-state index in [4.69, 9.17) is 9.47 Å². The number of nitrogens with zero attached hydrogens (tertiary/aromatic N) is 1. The van der Waals surface area contributed by atoms with E-state index >= 15 is 0 Å². The van der Waals surface area contributed by atoms with Crippen molar-refractivity contribution < 1.29 is 19.1 Å². The molecule has 122 valence electrons. The molecule has 1 aromatic carbocycles. The summed E-state index contributed by atoms with van der Waals surface area (Å²) in [6.07, 6.45) is 3.13. The van der Waals surface area contributed by atoms with Crippen molar-refractivity contribution in [2.45, 2.75) is 20.0 Å². The number of carbonyl (C=O) groups excluding carboxylic acids is 2. The first-order valence-corrected chi connectivity index (χ1v) is 7.26. The van der Waals surface area contributed by atoms with E-state index in [1.807, 2.05) is 13.8 Å². The van der Waals surface area contributed by atoms with E-state index in [1.165, 1.54) is 6.08 Å². The highest BCUT2D eigenvalue weighted by Crippen LogP contribution is 2.30. The number of nitrogens with one attached hydrogen (secondary N) is 1. The topological polar surface area (TPSA) is 67.9 Å². The Bertz CT molecular complexity index is 665. The molecule has 1 aromatic rings. The molecule has 2 rings (SSSR count). The third-order valence-electron chi connectivity index (χ3n) is 3.14. The van der Waals surface area contributed by atoms with Crippen molar-refractivity contribution >= 4 is 18.0 Å². The van der Waals surface area contributed by atoms with Crippen molar-refractivity contribution in [3.05, 3.63) is 42.1 Å². The molecular formula is C17H20N2O4. The molecule has 1 heterocycles. The van der Waals surface area contributed by atoms with E-state index in [0.717, 1.165) is 10.5 Å². The first kappa shape index (κ1) is 16.6. The molecule has 0 bridgehead atoms. The number of urea groups is 1. The SMILES string of the molecule is C=CCN1C(=O)N/C(=C/c2ccc(OC(C)C)c(OC)c2)C1=O. The Kier molecular flexibility index (Phi) is 5.05. The molecule has 1 N–H and O–H groups in total. The van der Waals surface area contributed by atoms with Crippen LogP contribution in [0.4, 0.5) is 4.79 Å². The molecule has 1 fully saturated rings. The second-order valence-electron chi connectivity index (χ2n) is 5.27. The smallest absolute Gasteiger partial charge is 0.329 e. The third kappa shape index (κ3) is 3.71. The summed E-state index contributed by atoms with van der Waals surface area (Å²) in [5, 5.41) is 2.55. The van der Waals surface area contributed by atoms with Gasteiger partial charge in [0.05, 0.1) is 13.2 Å². The lowest BCUT2D eigenvalue weighted by Crippen LogP contribution is -2.30. The summed E-state index contributed by atoms with van der Waals surface area (Å²) in [5.74, 6) is 0.809. The molecule has 0 saturated carbocycles. The molecule has 0 aromatic heterocycles. The van der Waals surface area contributed by atoms with Crippen LogP contribution in [0.1, 0.15) is 19.4 Å².